The molecule has 68 valence electrons. The average molecular weight is 301 g/mol. The largest absolute Gasteiger partial charge is 0.247 e. The predicted octanol–water partition coefficient (Wildman–Crippen LogP) is 2.92. The van der Waals surface area contributed by atoms with E-state index in [1.807, 2.05) is 12.1 Å². The van der Waals surface area contributed by atoms with Crippen LogP contribution in [-0.2, 0) is 0 Å². The number of hydrogen-bond acceptors (Lipinski definition) is 1. The van der Waals surface area contributed by atoms with Crippen LogP contribution >= 0.6 is 22.6 Å². The van der Waals surface area contributed by atoms with Crippen LogP contribution in [0.2, 0.25) is 19.6 Å². The average Bonchev–Trinajstić information content (AvgIpc) is 2.01. The van der Waals surface area contributed by atoms with Crippen LogP contribution in [0.25, 0.3) is 0 Å². The van der Waals surface area contributed by atoms with Crippen LogP contribution in [0.1, 0.15) is 5.69 Å². The predicted molar refractivity (Wildman–Crippen MR) is 67.2 cm³/mol. The van der Waals surface area contributed by atoms with Crippen molar-refractivity contribution in [3.05, 3.63) is 27.6 Å². The zero-order chi connectivity index (χ0) is 9.90. The van der Waals surface area contributed by atoms with Gasteiger partial charge in [-0.05, 0) is 34.7 Å². The highest BCUT2D eigenvalue weighted by Gasteiger charge is 2.07. The van der Waals surface area contributed by atoms with Gasteiger partial charge in [-0.2, -0.15) is 0 Å². The molecule has 1 nitrogen and oxygen atoms in total. The molecule has 1 heterocycles. The van der Waals surface area contributed by atoms with Gasteiger partial charge in [-0.25, -0.2) is 4.98 Å². The van der Waals surface area contributed by atoms with E-state index < -0.39 is 8.07 Å². The van der Waals surface area contributed by atoms with Gasteiger partial charge in [-0.3, -0.25) is 0 Å². The lowest BCUT2D eigenvalue weighted by Gasteiger charge is -2.03. The van der Waals surface area contributed by atoms with Crippen molar-refractivity contribution in [3.8, 4) is 11.5 Å². The molecule has 0 spiro atoms. The van der Waals surface area contributed by atoms with Crippen molar-refractivity contribution in [2.24, 2.45) is 0 Å². The molecule has 0 aliphatic heterocycles. The molecular formula is C10H12INSi. The molecule has 1 aromatic rings. The molecule has 0 saturated heterocycles. The lowest BCUT2D eigenvalue weighted by atomic mass is 10.4. The number of halogens is 1. The van der Waals surface area contributed by atoms with Gasteiger partial charge < -0.3 is 0 Å². The summed E-state index contributed by atoms with van der Waals surface area (Å²) in [5.74, 6) is 3.15. The van der Waals surface area contributed by atoms with E-state index in [4.69, 9.17) is 0 Å². The molecule has 3 heteroatoms. The van der Waals surface area contributed by atoms with Crippen LogP contribution in [0.15, 0.2) is 18.3 Å². The first-order valence-electron chi connectivity index (χ1n) is 4.13. The van der Waals surface area contributed by atoms with Gasteiger partial charge in [-0.15, -0.1) is 5.54 Å². The molecule has 0 atom stereocenters. The van der Waals surface area contributed by atoms with Gasteiger partial charge in [0.2, 0.25) is 0 Å². The van der Waals surface area contributed by atoms with Gasteiger partial charge in [0, 0.05) is 9.77 Å². The summed E-state index contributed by atoms with van der Waals surface area (Å²) in [7, 11) is -1.27. The fourth-order valence-electron chi connectivity index (χ4n) is 0.724. The first-order chi connectivity index (χ1) is 5.99. The Morgan fingerprint density at radius 2 is 2.08 bits per heavy atom. The lowest BCUT2D eigenvalue weighted by molar-refractivity contribution is 1.26. The van der Waals surface area contributed by atoms with Gasteiger partial charge in [0.05, 0.1) is 0 Å². The second-order valence-electron chi connectivity index (χ2n) is 3.83. The fourth-order valence-corrected chi connectivity index (χ4v) is 1.70. The van der Waals surface area contributed by atoms with Crippen molar-refractivity contribution < 1.29 is 0 Å². The minimum atomic E-state index is -1.27. The van der Waals surface area contributed by atoms with Crippen molar-refractivity contribution >= 4 is 30.7 Å². The van der Waals surface area contributed by atoms with E-state index in [-0.39, 0.29) is 0 Å². The first-order valence-corrected chi connectivity index (χ1v) is 8.70. The minimum absolute atomic E-state index is 0.908. The van der Waals surface area contributed by atoms with Crippen LogP contribution in [0, 0.1) is 15.0 Å². The zero-order valence-corrected chi connectivity index (χ0v) is 11.2. The second kappa shape index (κ2) is 4.25. The van der Waals surface area contributed by atoms with Crippen LogP contribution in [0.3, 0.4) is 0 Å². The molecule has 0 saturated carbocycles. The van der Waals surface area contributed by atoms with Crippen LogP contribution in [0.4, 0.5) is 0 Å². The highest BCUT2D eigenvalue weighted by atomic mass is 127. The minimum Gasteiger partial charge on any atom is -0.247 e. The summed E-state index contributed by atoms with van der Waals surface area (Å²) in [6, 6.07) is 3.96. The standard InChI is InChI=1S/C10H12INSi/c1-13(2,3)8-6-10-9(11)5-4-7-12-10/h4-5,7H,1-3H3. The quantitative estimate of drug-likeness (QED) is 0.408. The molecule has 1 rings (SSSR count). The number of aromatic nitrogens is 1. The Kier molecular flexibility index (Phi) is 3.51. The summed E-state index contributed by atoms with van der Waals surface area (Å²) >= 11 is 2.26. The molecule has 0 aromatic carbocycles. The smallest absolute Gasteiger partial charge is 0.129 e. The summed E-state index contributed by atoms with van der Waals surface area (Å²) in [5, 5.41) is 0. The van der Waals surface area contributed by atoms with Crippen molar-refractivity contribution in [2.75, 3.05) is 0 Å². The van der Waals surface area contributed by atoms with E-state index in [9.17, 15) is 0 Å². The number of pyridine rings is 1. The molecule has 0 radical (unpaired) electrons. The molecule has 1 aromatic heterocycles. The first kappa shape index (κ1) is 10.7. The highest BCUT2D eigenvalue weighted by Crippen LogP contribution is 2.07. The van der Waals surface area contributed by atoms with Gasteiger partial charge in [0.15, 0.2) is 0 Å². The van der Waals surface area contributed by atoms with Crippen LogP contribution in [-0.4, -0.2) is 13.1 Å². The molecule has 13 heavy (non-hydrogen) atoms. The third-order valence-corrected chi connectivity index (χ3v) is 3.06. The monoisotopic (exact) mass is 301 g/mol. The molecule has 0 bridgehead atoms. The molecule has 0 fully saturated rings. The van der Waals surface area contributed by atoms with Gasteiger partial charge in [-0.1, -0.05) is 25.6 Å². The highest BCUT2D eigenvalue weighted by molar-refractivity contribution is 14.1. The lowest BCUT2D eigenvalue weighted by Crippen LogP contribution is -2.16. The van der Waals surface area contributed by atoms with E-state index in [1.54, 1.807) is 6.20 Å². The molecular weight excluding hydrogens is 289 g/mol. The number of hydrogen-bond donors (Lipinski definition) is 0. The maximum Gasteiger partial charge on any atom is 0.129 e. The number of nitrogens with zero attached hydrogens (tertiary/aromatic N) is 1. The Bertz CT molecular complexity index is 357. The Hall–Kier alpha value is -0.343. The Labute approximate surface area is 94.1 Å². The van der Waals surface area contributed by atoms with E-state index >= 15 is 0 Å². The molecule has 0 N–H and O–H groups in total. The maximum absolute atomic E-state index is 4.22. The van der Waals surface area contributed by atoms with Crippen molar-refractivity contribution in [2.45, 2.75) is 19.6 Å². The topological polar surface area (TPSA) is 12.9 Å². The van der Waals surface area contributed by atoms with E-state index in [0.29, 0.717) is 0 Å². The third kappa shape index (κ3) is 3.92. The maximum atomic E-state index is 4.22. The van der Waals surface area contributed by atoms with E-state index in [1.165, 1.54) is 0 Å². The summed E-state index contributed by atoms with van der Waals surface area (Å²) < 4.78 is 1.13. The fraction of sp³-hybridized carbons (Fsp3) is 0.300. The number of rotatable bonds is 0. The Morgan fingerprint density at radius 3 is 2.62 bits per heavy atom. The summed E-state index contributed by atoms with van der Waals surface area (Å²) in [6.07, 6.45) is 1.79. The summed E-state index contributed by atoms with van der Waals surface area (Å²) in [4.78, 5) is 4.22. The summed E-state index contributed by atoms with van der Waals surface area (Å²) in [5.41, 5.74) is 4.21. The summed E-state index contributed by atoms with van der Waals surface area (Å²) in [6.45, 7) is 6.70. The van der Waals surface area contributed by atoms with Crippen molar-refractivity contribution in [1.29, 1.82) is 0 Å². The van der Waals surface area contributed by atoms with E-state index in [0.717, 1.165) is 9.26 Å². The van der Waals surface area contributed by atoms with Gasteiger partial charge in [0.25, 0.3) is 0 Å². The zero-order valence-electron chi connectivity index (χ0n) is 8.06. The molecule has 0 amide bonds. The molecule has 0 aliphatic carbocycles. The normalized spacial score (nSPS) is 10.5. The Balaban J connectivity index is 2.97. The Morgan fingerprint density at radius 1 is 1.38 bits per heavy atom. The van der Waals surface area contributed by atoms with Gasteiger partial charge in [0.1, 0.15) is 13.8 Å². The van der Waals surface area contributed by atoms with Crippen LogP contribution < -0.4 is 0 Å². The second-order valence-corrected chi connectivity index (χ2v) is 9.75. The molecule has 0 aliphatic rings. The van der Waals surface area contributed by atoms with E-state index in [2.05, 4.69) is 58.7 Å². The molecule has 0 unspecified atom stereocenters. The third-order valence-electron chi connectivity index (χ3n) is 1.31. The van der Waals surface area contributed by atoms with Crippen molar-refractivity contribution in [3.63, 3.8) is 0 Å². The van der Waals surface area contributed by atoms with Gasteiger partial charge >= 0.3 is 0 Å². The van der Waals surface area contributed by atoms with Crippen LogP contribution in [0.5, 0.6) is 0 Å². The van der Waals surface area contributed by atoms with Crippen molar-refractivity contribution in [1.82, 2.24) is 4.98 Å². The SMILES string of the molecule is C[Si](C)(C)C#Cc1ncccc1I.